The Balaban J connectivity index is 3.15. The predicted molar refractivity (Wildman–Crippen MR) is 46.4 cm³/mol. The Morgan fingerprint density at radius 1 is 1.09 bits per heavy atom. The first kappa shape index (κ1) is 10.9. The van der Waals surface area contributed by atoms with Gasteiger partial charge in [0.2, 0.25) is 0 Å². The van der Waals surface area contributed by atoms with Crippen molar-refractivity contribution in [3.8, 4) is 0 Å². The highest BCUT2D eigenvalue weighted by Crippen LogP contribution is 2.07. The molecule has 0 rings (SSSR count). The molecule has 2 N–H and O–H groups in total. The van der Waals surface area contributed by atoms with Crippen molar-refractivity contribution in [2.24, 2.45) is 0 Å². The van der Waals surface area contributed by atoms with Gasteiger partial charge in [-0.15, -0.1) is 0 Å². The van der Waals surface area contributed by atoms with Gasteiger partial charge in [0, 0.05) is 0 Å². The molecule has 2 nitrogen and oxygen atoms in total. The van der Waals surface area contributed by atoms with Crippen molar-refractivity contribution in [1.29, 1.82) is 0 Å². The molecule has 2 heteroatoms. The third-order valence-corrected chi connectivity index (χ3v) is 1.81. The van der Waals surface area contributed by atoms with E-state index in [2.05, 4.69) is 6.92 Å². The van der Waals surface area contributed by atoms with Crippen LogP contribution < -0.4 is 0 Å². The molecule has 0 radical (unpaired) electrons. The van der Waals surface area contributed by atoms with E-state index in [-0.39, 0.29) is 12.2 Å². The Hall–Kier alpha value is -0.0800. The molecular formula is C9H20O2. The van der Waals surface area contributed by atoms with E-state index >= 15 is 0 Å². The van der Waals surface area contributed by atoms with Gasteiger partial charge in [-0.25, -0.2) is 0 Å². The van der Waals surface area contributed by atoms with Crippen LogP contribution in [-0.4, -0.2) is 22.4 Å². The van der Waals surface area contributed by atoms with Crippen LogP contribution >= 0.6 is 0 Å². The number of aliphatic hydroxyl groups is 2. The monoisotopic (exact) mass is 160 g/mol. The first-order chi connectivity index (χ1) is 5.16. The second-order valence-electron chi connectivity index (χ2n) is 3.22. The normalized spacial score (nSPS) is 16.4. The maximum atomic E-state index is 9.32. The first-order valence-corrected chi connectivity index (χ1v) is 4.53. The van der Waals surface area contributed by atoms with Crippen LogP contribution in [0.1, 0.15) is 46.0 Å². The summed E-state index contributed by atoms with van der Waals surface area (Å²) in [5.41, 5.74) is 0. The topological polar surface area (TPSA) is 40.5 Å². The standard InChI is InChI=1S/C9H20O2/c1-3-4-5-9(11)7-6-8(2)10/h8-11H,3-7H2,1-2H3/t8-,9+/m1/s1. The van der Waals surface area contributed by atoms with Crippen LogP contribution in [0.5, 0.6) is 0 Å². The molecule has 0 aromatic heterocycles. The van der Waals surface area contributed by atoms with Gasteiger partial charge in [0.25, 0.3) is 0 Å². The van der Waals surface area contributed by atoms with Crippen molar-refractivity contribution >= 4 is 0 Å². The minimum Gasteiger partial charge on any atom is -0.393 e. The molecule has 11 heavy (non-hydrogen) atoms. The maximum absolute atomic E-state index is 9.32. The number of hydrogen-bond donors (Lipinski definition) is 2. The highest BCUT2D eigenvalue weighted by Gasteiger charge is 2.04. The summed E-state index contributed by atoms with van der Waals surface area (Å²) in [6, 6.07) is 0. The predicted octanol–water partition coefficient (Wildman–Crippen LogP) is 1.70. The van der Waals surface area contributed by atoms with Gasteiger partial charge < -0.3 is 10.2 Å². The molecule has 68 valence electrons. The SMILES string of the molecule is CCCC[C@H](O)CC[C@@H](C)O. The van der Waals surface area contributed by atoms with E-state index in [0.717, 1.165) is 25.7 Å². The molecule has 0 bridgehead atoms. The van der Waals surface area contributed by atoms with E-state index in [4.69, 9.17) is 5.11 Å². The molecule has 0 saturated heterocycles. The average Bonchev–Trinajstić information content (AvgIpc) is 1.97. The Morgan fingerprint density at radius 3 is 2.18 bits per heavy atom. The lowest BCUT2D eigenvalue weighted by Gasteiger charge is -2.10. The van der Waals surface area contributed by atoms with Crippen LogP contribution in [-0.2, 0) is 0 Å². The second-order valence-corrected chi connectivity index (χ2v) is 3.22. The van der Waals surface area contributed by atoms with Gasteiger partial charge in [-0.3, -0.25) is 0 Å². The Labute approximate surface area is 69.2 Å². The highest BCUT2D eigenvalue weighted by molar-refractivity contribution is 4.57. The fraction of sp³-hybridized carbons (Fsp3) is 1.00. The minimum absolute atomic E-state index is 0.204. The lowest BCUT2D eigenvalue weighted by molar-refractivity contribution is 0.115. The summed E-state index contributed by atoms with van der Waals surface area (Å²) in [6.07, 6.45) is 4.06. The van der Waals surface area contributed by atoms with Crippen LogP contribution in [0.4, 0.5) is 0 Å². The molecule has 0 amide bonds. The molecule has 0 aliphatic rings. The fourth-order valence-electron chi connectivity index (χ4n) is 1.02. The molecule has 0 unspecified atom stereocenters. The molecule has 0 aromatic rings. The van der Waals surface area contributed by atoms with Gasteiger partial charge in [-0.2, -0.15) is 0 Å². The number of unbranched alkanes of at least 4 members (excludes halogenated alkanes) is 1. The van der Waals surface area contributed by atoms with E-state index in [1.54, 1.807) is 6.92 Å². The molecule has 0 saturated carbocycles. The Kier molecular flexibility index (Phi) is 6.57. The van der Waals surface area contributed by atoms with Crippen LogP contribution in [0.15, 0.2) is 0 Å². The van der Waals surface area contributed by atoms with Gasteiger partial charge in [0.1, 0.15) is 0 Å². The summed E-state index contributed by atoms with van der Waals surface area (Å²) in [7, 11) is 0. The zero-order valence-electron chi connectivity index (χ0n) is 7.58. The van der Waals surface area contributed by atoms with Crippen molar-refractivity contribution in [3.05, 3.63) is 0 Å². The lowest BCUT2D eigenvalue weighted by atomic mass is 10.1. The second kappa shape index (κ2) is 6.62. The molecular weight excluding hydrogens is 140 g/mol. The fourth-order valence-corrected chi connectivity index (χ4v) is 1.02. The van der Waals surface area contributed by atoms with Gasteiger partial charge in [0.15, 0.2) is 0 Å². The molecule has 0 aliphatic heterocycles. The van der Waals surface area contributed by atoms with Gasteiger partial charge >= 0.3 is 0 Å². The first-order valence-electron chi connectivity index (χ1n) is 4.53. The number of aliphatic hydroxyl groups excluding tert-OH is 2. The van der Waals surface area contributed by atoms with Gasteiger partial charge in [0.05, 0.1) is 12.2 Å². The minimum atomic E-state index is -0.272. The van der Waals surface area contributed by atoms with Crippen LogP contribution in [0, 0.1) is 0 Å². The number of hydrogen-bond acceptors (Lipinski definition) is 2. The van der Waals surface area contributed by atoms with Crippen molar-refractivity contribution in [2.75, 3.05) is 0 Å². The summed E-state index contributed by atoms with van der Waals surface area (Å²) in [6.45, 7) is 3.87. The quantitative estimate of drug-likeness (QED) is 0.621. The third-order valence-electron chi connectivity index (χ3n) is 1.81. The van der Waals surface area contributed by atoms with Gasteiger partial charge in [-0.1, -0.05) is 19.8 Å². The van der Waals surface area contributed by atoms with E-state index < -0.39 is 0 Å². The van der Waals surface area contributed by atoms with Crippen molar-refractivity contribution in [1.82, 2.24) is 0 Å². The van der Waals surface area contributed by atoms with E-state index in [1.807, 2.05) is 0 Å². The summed E-state index contributed by atoms with van der Waals surface area (Å²) in [5, 5.41) is 18.2. The number of rotatable bonds is 6. The van der Waals surface area contributed by atoms with Gasteiger partial charge in [-0.05, 0) is 26.2 Å². The Morgan fingerprint density at radius 2 is 1.73 bits per heavy atom. The van der Waals surface area contributed by atoms with Crippen molar-refractivity contribution < 1.29 is 10.2 Å². The van der Waals surface area contributed by atoms with E-state index in [9.17, 15) is 5.11 Å². The summed E-state index contributed by atoms with van der Waals surface area (Å²) >= 11 is 0. The average molecular weight is 160 g/mol. The largest absolute Gasteiger partial charge is 0.393 e. The molecule has 0 spiro atoms. The molecule has 0 heterocycles. The van der Waals surface area contributed by atoms with Crippen LogP contribution in [0.3, 0.4) is 0 Å². The zero-order valence-corrected chi connectivity index (χ0v) is 7.58. The van der Waals surface area contributed by atoms with Crippen molar-refractivity contribution in [3.63, 3.8) is 0 Å². The summed E-state index contributed by atoms with van der Waals surface area (Å²) < 4.78 is 0. The molecule has 2 atom stereocenters. The summed E-state index contributed by atoms with van der Waals surface area (Å²) in [4.78, 5) is 0. The molecule has 0 fully saturated rings. The highest BCUT2D eigenvalue weighted by atomic mass is 16.3. The van der Waals surface area contributed by atoms with Crippen LogP contribution in [0.2, 0.25) is 0 Å². The summed E-state index contributed by atoms with van der Waals surface area (Å²) in [5.74, 6) is 0. The van der Waals surface area contributed by atoms with E-state index in [0.29, 0.717) is 6.42 Å². The zero-order chi connectivity index (χ0) is 8.69. The molecule has 0 aliphatic carbocycles. The smallest absolute Gasteiger partial charge is 0.0541 e. The lowest BCUT2D eigenvalue weighted by Crippen LogP contribution is -2.10. The molecule has 0 aromatic carbocycles. The van der Waals surface area contributed by atoms with Crippen molar-refractivity contribution in [2.45, 2.75) is 58.2 Å². The van der Waals surface area contributed by atoms with Crippen LogP contribution in [0.25, 0.3) is 0 Å². The van der Waals surface area contributed by atoms with E-state index in [1.165, 1.54) is 0 Å². The maximum Gasteiger partial charge on any atom is 0.0541 e. The Bertz CT molecular complexity index is 81.6. The third kappa shape index (κ3) is 7.82.